The fourth-order valence-electron chi connectivity index (χ4n) is 4.60. The van der Waals surface area contributed by atoms with Gasteiger partial charge in [0.05, 0.1) is 19.0 Å². The van der Waals surface area contributed by atoms with E-state index in [-0.39, 0.29) is 21.6 Å². The van der Waals surface area contributed by atoms with Crippen LogP contribution in [0.15, 0.2) is 40.9 Å². The second kappa shape index (κ2) is 5.97. The third kappa shape index (κ3) is 2.70. The maximum atomic E-state index is 13.2. The van der Waals surface area contributed by atoms with Crippen LogP contribution in [0.1, 0.15) is 45.2 Å². The molecule has 0 amide bonds. The van der Waals surface area contributed by atoms with Crippen LogP contribution in [0.3, 0.4) is 0 Å². The van der Waals surface area contributed by atoms with Gasteiger partial charge in [-0.05, 0) is 42.9 Å². The highest BCUT2D eigenvalue weighted by molar-refractivity contribution is 9.10. The Labute approximate surface area is 160 Å². The maximum absolute atomic E-state index is 13.2. The minimum Gasteiger partial charge on any atom is -0.631 e. The molecule has 0 radical (unpaired) electrons. The van der Waals surface area contributed by atoms with Gasteiger partial charge < -0.3 is 15.2 Å². The van der Waals surface area contributed by atoms with Gasteiger partial charge >= 0.3 is 0 Å². The Morgan fingerprint density at radius 2 is 2.16 bits per heavy atom. The van der Waals surface area contributed by atoms with Crippen molar-refractivity contribution < 1.29 is 4.65 Å². The molecule has 1 fully saturated rings. The summed E-state index contributed by atoms with van der Waals surface area (Å²) in [5.74, 6) is 0. The number of allylic oxidation sites excluding steroid dienone is 3. The molecular weight excluding hydrogens is 376 g/mol. The Hall–Kier alpha value is -1.10. The van der Waals surface area contributed by atoms with Crippen molar-refractivity contribution in [1.29, 1.82) is 0 Å². The Morgan fingerprint density at radius 3 is 2.76 bits per heavy atom. The number of halogens is 1. The number of anilines is 1. The number of benzene rings is 1. The van der Waals surface area contributed by atoms with Crippen molar-refractivity contribution in [1.82, 2.24) is 0 Å². The normalized spacial score (nSPS) is 30.4. The van der Waals surface area contributed by atoms with Crippen LogP contribution in [-0.2, 0) is 11.8 Å². The van der Waals surface area contributed by atoms with Gasteiger partial charge in [-0.2, -0.15) is 0 Å². The van der Waals surface area contributed by atoms with Crippen LogP contribution < -0.4 is 5.32 Å². The summed E-state index contributed by atoms with van der Waals surface area (Å²) in [7, 11) is 1.80. The van der Waals surface area contributed by atoms with Gasteiger partial charge in [0, 0.05) is 16.6 Å². The van der Waals surface area contributed by atoms with E-state index >= 15 is 0 Å². The van der Waals surface area contributed by atoms with Crippen LogP contribution in [0.5, 0.6) is 0 Å². The maximum Gasteiger partial charge on any atom is 0.172 e. The first-order valence-corrected chi connectivity index (χ1v) is 9.77. The number of hydrogen-bond acceptors (Lipinski definition) is 2. The monoisotopic (exact) mass is 404 g/mol. The van der Waals surface area contributed by atoms with Gasteiger partial charge in [0.15, 0.2) is 6.17 Å². The van der Waals surface area contributed by atoms with Crippen LogP contribution in [0.4, 0.5) is 5.69 Å². The molecule has 2 aliphatic rings. The second-order valence-electron chi connectivity index (χ2n) is 8.57. The lowest BCUT2D eigenvalue weighted by Crippen LogP contribution is -2.55. The van der Waals surface area contributed by atoms with Crippen LogP contribution in [0.25, 0.3) is 0 Å². The van der Waals surface area contributed by atoms with Gasteiger partial charge in [-0.1, -0.05) is 53.6 Å². The van der Waals surface area contributed by atoms with E-state index in [2.05, 4.69) is 73.7 Å². The number of likely N-dealkylation sites (N-methyl/N-ethyl adjacent to an activating group) is 1. The van der Waals surface area contributed by atoms with Crippen LogP contribution in [-0.4, -0.2) is 24.4 Å². The van der Waals surface area contributed by atoms with E-state index in [1.54, 1.807) is 7.05 Å². The second-order valence-corrected chi connectivity index (χ2v) is 9.42. The first kappa shape index (κ1) is 18.7. The zero-order valence-electron chi connectivity index (χ0n) is 15.9. The molecule has 1 aromatic rings. The van der Waals surface area contributed by atoms with E-state index in [9.17, 15) is 5.21 Å². The van der Waals surface area contributed by atoms with Gasteiger partial charge in [0.25, 0.3) is 0 Å². The van der Waals surface area contributed by atoms with Gasteiger partial charge in [-0.15, -0.1) is 6.58 Å². The summed E-state index contributed by atoms with van der Waals surface area (Å²) in [5, 5.41) is 16.7. The molecule has 3 rings (SSSR count). The lowest BCUT2D eigenvalue weighted by molar-refractivity contribution is -0.871. The molecule has 3 atom stereocenters. The van der Waals surface area contributed by atoms with Gasteiger partial charge in [0.2, 0.25) is 0 Å². The van der Waals surface area contributed by atoms with Crippen molar-refractivity contribution in [3.8, 4) is 0 Å². The SMILES string of the molecule is C=CC(C)(C)C12CC[N+](C)([O-])C1Nc1cc(Br)c(CC=C(C)C)cc12. The minimum atomic E-state index is -0.243. The largest absolute Gasteiger partial charge is 0.631 e. The zero-order chi connectivity index (χ0) is 18.6. The fraction of sp³-hybridized carbons (Fsp3) is 0.524. The molecule has 1 saturated heterocycles. The van der Waals surface area contributed by atoms with Crippen molar-refractivity contribution in [2.24, 2.45) is 5.41 Å². The van der Waals surface area contributed by atoms with Crippen molar-refractivity contribution in [2.75, 3.05) is 18.9 Å². The third-order valence-electron chi connectivity index (χ3n) is 6.31. The predicted molar refractivity (Wildman–Crippen MR) is 109 cm³/mol. The molecule has 1 N–H and O–H groups in total. The summed E-state index contributed by atoms with van der Waals surface area (Å²) in [6.45, 7) is 13.4. The standard InChI is InChI=1S/C21H29BrN2O/c1-7-20(4,5)21-10-11-24(6,25)19(21)23-18-13-17(22)15(12-16(18)21)9-8-14(2)3/h7-8,12-13,19,23H,1,9-11H2,2-6H3. The van der Waals surface area contributed by atoms with E-state index < -0.39 is 0 Å². The Balaban J connectivity index is 2.19. The average molecular weight is 405 g/mol. The summed E-state index contributed by atoms with van der Waals surface area (Å²) in [5.41, 5.74) is 4.56. The Bertz CT molecular complexity index is 747. The summed E-state index contributed by atoms with van der Waals surface area (Å²) in [4.78, 5) is 0. The molecule has 0 spiro atoms. The zero-order valence-corrected chi connectivity index (χ0v) is 17.5. The third-order valence-corrected chi connectivity index (χ3v) is 7.05. The van der Waals surface area contributed by atoms with Crippen LogP contribution >= 0.6 is 15.9 Å². The summed E-state index contributed by atoms with van der Waals surface area (Å²) < 4.78 is 0.857. The number of hydroxylamine groups is 3. The molecule has 3 unspecified atom stereocenters. The van der Waals surface area contributed by atoms with E-state index in [1.165, 1.54) is 16.7 Å². The van der Waals surface area contributed by atoms with Gasteiger partial charge in [-0.25, -0.2) is 0 Å². The quantitative estimate of drug-likeness (QED) is 0.407. The molecule has 3 nitrogen and oxygen atoms in total. The summed E-state index contributed by atoms with van der Waals surface area (Å²) in [6, 6.07) is 4.46. The highest BCUT2D eigenvalue weighted by Gasteiger charge is 2.64. The smallest absolute Gasteiger partial charge is 0.172 e. The molecule has 0 aromatic heterocycles. The van der Waals surface area contributed by atoms with Crippen molar-refractivity contribution in [3.63, 3.8) is 0 Å². The molecular formula is C21H29BrN2O. The highest BCUT2D eigenvalue weighted by Crippen LogP contribution is 2.60. The first-order chi connectivity index (χ1) is 11.5. The molecule has 0 bridgehead atoms. The van der Waals surface area contributed by atoms with Crippen molar-refractivity contribution in [2.45, 2.75) is 52.1 Å². The van der Waals surface area contributed by atoms with E-state index in [0.29, 0.717) is 6.54 Å². The minimum absolute atomic E-state index is 0.166. The van der Waals surface area contributed by atoms with Gasteiger partial charge in [0.1, 0.15) is 0 Å². The van der Waals surface area contributed by atoms with Gasteiger partial charge in [-0.3, -0.25) is 0 Å². The molecule has 2 heterocycles. The number of nitrogens with zero attached hydrogens (tertiary/aromatic N) is 1. The molecule has 136 valence electrons. The molecule has 25 heavy (non-hydrogen) atoms. The average Bonchev–Trinajstić information content (AvgIpc) is 2.99. The Morgan fingerprint density at radius 1 is 1.48 bits per heavy atom. The van der Waals surface area contributed by atoms with E-state index in [1.807, 2.05) is 6.08 Å². The molecule has 4 heteroatoms. The summed E-state index contributed by atoms with van der Waals surface area (Å²) in [6.07, 6.45) is 5.89. The molecule has 0 aliphatic carbocycles. The van der Waals surface area contributed by atoms with Crippen LogP contribution in [0.2, 0.25) is 0 Å². The van der Waals surface area contributed by atoms with Crippen LogP contribution in [0, 0.1) is 10.6 Å². The number of nitrogens with one attached hydrogen (secondary N) is 1. The lowest BCUT2D eigenvalue weighted by atomic mass is 9.60. The topological polar surface area (TPSA) is 35.1 Å². The number of hydrogen-bond donors (Lipinski definition) is 1. The molecule has 0 saturated carbocycles. The summed E-state index contributed by atoms with van der Waals surface area (Å²) >= 11 is 3.72. The fourth-order valence-corrected chi connectivity index (χ4v) is 5.11. The molecule has 1 aromatic carbocycles. The highest BCUT2D eigenvalue weighted by atomic mass is 79.9. The Kier molecular flexibility index (Phi) is 4.46. The predicted octanol–water partition coefficient (Wildman–Crippen LogP) is 5.51. The number of fused-ring (bicyclic) bond motifs is 3. The lowest BCUT2D eigenvalue weighted by Gasteiger charge is -2.47. The molecule has 2 aliphatic heterocycles. The number of likely N-dealkylation sites (tertiary alicyclic amines) is 1. The van der Waals surface area contributed by atoms with E-state index in [4.69, 9.17) is 0 Å². The van der Waals surface area contributed by atoms with E-state index in [0.717, 1.165) is 23.0 Å². The van der Waals surface area contributed by atoms with Crippen molar-refractivity contribution >= 4 is 21.6 Å². The van der Waals surface area contributed by atoms with Crippen molar-refractivity contribution in [3.05, 3.63) is 57.2 Å². The first-order valence-electron chi connectivity index (χ1n) is 8.98. The number of rotatable bonds is 4. The number of quaternary nitrogens is 1.